The van der Waals surface area contributed by atoms with Crippen molar-refractivity contribution in [1.29, 1.82) is 0 Å². The lowest BCUT2D eigenvalue weighted by Gasteiger charge is -2.18. The Balaban J connectivity index is 1.90. The van der Waals surface area contributed by atoms with Gasteiger partial charge in [0, 0.05) is 13.2 Å². The van der Waals surface area contributed by atoms with E-state index in [2.05, 4.69) is 31.2 Å². The summed E-state index contributed by atoms with van der Waals surface area (Å²) in [5.41, 5.74) is 8.29. The van der Waals surface area contributed by atoms with Crippen molar-refractivity contribution in [3.63, 3.8) is 0 Å². The summed E-state index contributed by atoms with van der Waals surface area (Å²) in [6.45, 7) is 3.53. The maximum absolute atomic E-state index is 5.88. The van der Waals surface area contributed by atoms with Gasteiger partial charge in [-0.2, -0.15) is 0 Å². The van der Waals surface area contributed by atoms with E-state index in [1.807, 2.05) is 0 Å². The molecule has 2 rings (SSSR count). The van der Waals surface area contributed by atoms with Gasteiger partial charge in [0.1, 0.15) is 0 Å². The van der Waals surface area contributed by atoms with Gasteiger partial charge in [0.05, 0.1) is 6.10 Å². The van der Waals surface area contributed by atoms with Crippen molar-refractivity contribution >= 4 is 0 Å². The molecule has 2 heteroatoms. The van der Waals surface area contributed by atoms with Crippen molar-refractivity contribution in [2.45, 2.75) is 32.3 Å². The van der Waals surface area contributed by atoms with Gasteiger partial charge in [-0.3, -0.25) is 0 Å². The molecule has 0 heterocycles. The van der Waals surface area contributed by atoms with Gasteiger partial charge in [0.2, 0.25) is 0 Å². The highest BCUT2D eigenvalue weighted by Gasteiger charge is 2.21. The summed E-state index contributed by atoms with van der Waals surface area (Å²) in [7, 11) is 0. The van der Waals surface area contributed by atoms with E-state index in [-0.39, 0.29) is 6.10 Å². The van der Waals surface area contributed by atoms with Crippen LogP contribution in [0.1, 0.15) is 36.5 Å². The number of hydrogen-bond acceptors (Lipinski definition) is 2. The maximum atomic E-state index is 5.88. The van der Waals surface area contributed by atoms with Crippen LogP contribution in [-0.4, -0.2) is 13.2 Å². The minimum Gasteiger partial charge on any atom is -0.372 e. The number of aryl methyl sites for hydroxylation is 1. The van der Waals surface area contributed by atoms with Crippen molar-refractivity contribution < 1.29 is 4.74 Å². The van der Waals surface area contributed by atoms with Crippen molar-refractivity contribution in [3.05, 3.63) is 35.4 Å². The molecule has 0 aromatic heterocycles. The second-order valence-electron chi connectivity index (χ2n) is 4.68. The van der Waals surface area contributed by atoms with Gasteiger partial charge in [-0.15, -0.1) is 0 Å². The van der Waals surface area contributed by atoms with Crippen LogP contribution in [0, 0.1) is 12.8 Å². The van der Waals surface area contributed by atoms with Gasteiger partial charge in [0.15, 0.2) is 0 Å². The first-order valence-electron chi connectivity index (χ1n) is 6.18. The molecule has 1 aliphatic rings. The van der Waals surface area contributed by atoms with E-state index in [0.717, 1.165) is 12.5 Å². The first-order chi connectivity index (χ1) is 7.81. The lowest BCUT2D eigenvalue weighted by Crippen LogP contribution is -2.17. The molecular weight excluding hydrogens is 198 g/mol. The second-order valence-corrected chi connectivity index (χ2v) is 4.68. The molecule has 1 saturated carbocycles. The lowest BCUT2D eigenvalue weighted by atomic mass is 10.0. The van der Waals surface area contributed by atoms with Crippen LogP contribution in [0.2, 0.25) is 0 Å². The molecular formula is C14H21NO. The third kappa shape index (κ3) is 3.06. The zero-order chi connectivity index (χ0) is 11.4. The standard InChI is InChI=1S/C14H21NO/c1-11-4-2-3-5-13(11)14(10-15)16-9-8-12-6-7-12/h2-5,12,14H,6-10,15H2,1H3. The molecule has 1 atom stereocenters. The third-order valence-corrected chi connectivity index (χ3v) is 3.29. The van der Waals surface area contributed by atoms with E-state index in [4.69, 9.17) is 10.5 Å². The Kier molecular flexibility index (Phi) is 3.97. The van der Waals surface area contributed by atoms with Crippen LogP contribution in [0.3, 0.4) is 0 Å². The number of hydrogen-bond donors (Lipinski definition) is 1. The molecule has 0 bridgehead atoms. The van der Waals surface area contributed by atoms with Crippen molar-refractivity contribution in [1.82, 2.24) is 0 Å². The van der Waals surface area contributed by atoms with E-state index in [1.54, 1.807) is 0 Å². The Morgan fingerprint density at radius 1 is 1.38 bits per heavy atom. The van der Waals surface area contributed by atoms with Crippen molar-refractivity contribution in [3.8, 4) is 0 Å². The summed E-state index contributed by atoms with van der Waals surface area (Å²) < 4.78 is 5.88. The van der Waals surface area contributed by atoms with Gasteiger partial charge >= 0.3 is 0 Å². The largest absolute Gasteiger partial charge is 0.372 e. The van der Waals surface area contributed by atoms with E-state index in [1.165, 1.54) is 30.4 Å². The molecule has 1 unspecified atom stereocenters. The predicted molar refractivity (Wildman–Crippen MR) is 66.3 cm³/mol. The molecule has 1 aromatic rings. The molecule has 0 spiro atoms. The van der Waals surface area contributed by atoms with Crippen LogP contribution in [0.25, 0.3) is 0 Å². The number of rotatable bonds is 6. The Bertz CT molecular complexity index is 333. The molecule has 16 heavy (non-hydrogen) atoms. The summed E-state index contributed by atoms with van der Waals surface area (Å²) in [6, 6.07) is 8.33. The van der Waals surface area contributed by atoms with E-state index in [9.17, 15) is 0 Å². The third-order valence-electron chi connectivity index (χ3n) is 3.29. The molecule has 1 aromatic carbocycles. The van der Waals surface area contributed by atoms with Crippen LogP contribution in [0.15, 0.2) is 24.3 Å². The fourth-order valence-corrected chi connectivity index (χ4v) is 2.02. The van der Waals surface area contributed by atoms with Gasteiger partial charge in [-0.05, 0) is 30.4 Å². The maximum Gasteiger partial charge on any atom is 0.0949 e. The Morgan fingerprint density at radius 2 is 2.12 bits per heavy atom. The molecule has 0 aliphatic heterocycles. The fourth-order valence-electron chi connectivity index (χ4n) is 2.02. The summed E-state index contributed by atoms with van der Waals surface area (Å²) in [5, 5.41) is 0. The molecule has 1 fully saturated rings. The molecule has 0 amide bonds. The molecule has 0 saturated heterocycles. The molecule has 2 N–H and O–H groups in total. The summed E-state index contributed by atoms with van der Waals surface area (Å²) in [5.74, 6) is 0.926. The Morgan fingerprint density at radius 3 is 2.75 bits per heavy atom. The first kappa shape index (κ1) is 11.6. The van der Waals surface area contributed by atoms with Gasteiger partial charge < -0.3 is 10.5 Å². The van der Waals surface area contributed by atoms with Crippen LogP contribution in [0.5, 0.6) is 0 Å². The summed E-state index contributed by atoms with van der Waals surface area (Å²) in [6.07, 6.45) is 4.05. The number of benzene rings is 1. The highest BCUT2D eigenvalue weighted by atomic mass is 16.5. The normalized spacial score (nSPS) is 17.4. The first-order valence-corrected chi connectivity index (χ1v) is 6.18. The quantitative estimate of drug-likeness (QED) is 0.798. The average Bonchev–Trinajstić information content (AvgIpc) is 3.10. The van der Waals surface area contributed by atoms with Crippen LogP contribution < -0.4 is 5.73 Å². The molecule has 1 aliphatic carbocycles. The van der Waals surface area contributed by atoms with Crippen molar-refractivity contribution in [2.75, 3.05) is 13.2 Å². The van der Waals surface area contributed by atoms with Crippen molar-refractivity contribution in [2.24, 2.45) is 11.7 Å². The summed E-state index contributed by atoms with van der Waals surface area (Å²) in [4.78, 5) is 0. The lowest BCUT2D eigenvalue weighted by molar-refractivity contribution is 0.0541. The average molecular weight is 219 g/mol. The molecule has 2 nitrogen and oxygen atoms in total. The number of ether oxygens (including phenoxy) is 1. The van der Waals surface area contributed by atoms with Gasteiger partial charge in [0.25, 0.3) is 0 Å². The molecule has 88 valence electrons. The topological polar surface area (TPSA) is 35.2 Å². The van der Waals surface area contributed by atoms with E-state index < -0.39 is 0 Å². The minimum absolute atomic E-state index is 0.0694. The smallest absolute Gasteiger partial charge is 0.0949 e. The zero-order valence-corrected chi connectivity index (χ0v) is 9.99. The predicted octanol–water partition coefficient (Wildman–Crippen LogP) is 2.81. The Hall–Kier alpha value is -0.860. The van der Waals surface area contributed by atoms with Gasteiger partial charge in [-0.1, -0.05) is 37.1 Å². The summed E-state index contributed by atoms with van der Waals surface area (Å²) >= 11 is 0. The minimum atomic E-state index is 0.0694. The zero-order valence-electron chi connectivity index (χ0n) is 9.99. The van der Waals surface area contributed by atoms with Crippen LogP contribution in [0.4, 0.5) is 0 Å². The van der Waals surface area contributed by atoms with Crippen LogP contribution >= 0.6 is 0 Å². The van der Waals surface area contributed by atoms with E-state index >= 15 is 0 Å². The number of nitrogens with two attached hydrogens (primary N) is 1. The fraction of sp³-hybridized carbons (Fsp3) is 0.571. The highest BCUT2D eigenvalue weighted by Crippen LogP contribution is 2.32. The Labute approximate surface area is 97.8 Å². The van der Waals surface area contributed by atoms with Crippen LogP contribution in [-0.2, 0) is 4.74 Å². The monoisotopic (exact) mass is 219 g/mol. The molecule has 0 radical (unpaired) electrons. The van der Waals surface area contributed by atoms with Gasteiger partial charge in [-0.25, -0.2) is 0 Å². The second kappa shape index (κ2) is 5.46. The van der Waals surface area contributed by atoms with E-state index in [0.29, 0.717) is 6.54 Å². The highest BCUT2D eigenvalue weighted by molar-refractivity contribution is 5.27. The SMILES string of the molecule is Cc1ccccc1C(CN)OCCC1CC1.